The van der Waals surface area contributed by atoms with Gasteiger partial charge in [0.1, 0.15) is 5.82 Å². The van der Waals surface area contributed by atoms with E-state index in [0.717, 1.165) is 37.4 Å². The molecule has 1 aliphatic rings. The summed E-state index contributed by atoms with van der Waals surface area (Å²) in [6.07, 6.45) is 4.25. The third kappa shape index (κ3) is 4.73. The van der Waals surface area contributed by atoms with Gasteiger partial charge in [0.15, 0.2) is 11.5 Å². The number of hydrogen-bond donors (Lipinski definition) is 2. The minimum atomic E-state index is 0.276. The zero-order chi connectivity index (χ0) is 17.5. The van der Waals surface area contributed by atoms with E-state index in [1.807, 2.05) is 24.3 Å². The summed E-state index contributed by atoms with van der Waals surface area (Å²) < 4.78 is 16.2. The normalized spacial score (nSPS) is 16.5. The Balaban J connectivity index is 1.56. The minimum Gasteiger partial charge on any atom is -0.493 e. The summed E-state index contributed by atoms with van der Waals surface area (Å²) >= 11 is 0. The first-order chi connectivity index (χ1) is 12.3. The van der Waals surface area contributed by atoms with Crippen LogP contribution in [0.5, 0.6) is 11.5 Å². The number of hydrogen-bond acceptors (Lipinski definition) is 7. The highest BCUT2D eigenvalue weighted by Crippen LogP contribution is 2.27. The number of anilines is 2. The summed E-state index contributed by atoms with van der Waals surface area (Å²) in [4.78, 5) is 8.74. The number of nitrogens with zero attached hydrogens (tertiary/aromatic N) is 2. The van der Waals surface area contributed by atoms with E-state index in [1.165, 1.54) is 0 Å². The van der Waals surface area contributed by atoms with Gasteiger partial charge in [-0.15, -0.1) is 0 Å². The number of ether oxygens (including phenoxy) is 3. The lowest BCUT2D eigenvalue weighted by Crippen LogP contribution is -2.19. The van der Waals surface area contributed by atoms with Crippen molar-refractivity contribution in [2.75, 3.05) is 38.0 Å². The van der Waals surface area contributed by atoms with Crippen molar-refractivity contribution < 1.29 is 14.2 Å². The number of benzene rings is 1. The van der Waals surface area contributed by atoms with Crippen LogP contribution < -0.4 is 20.1 Å². The Morgan fingerprint density at radius 2 is 2.04 bits per heavy atom. The van der Waals surface area contributed by atoms with Crippen LogP contribution in [0.25, 0.3) is 0 Å². The number of aromatic nitrogens is 2. The molecule has 1 saturated heterocycles. The molecule has 0 saturated carbocycles. The Labute approximate surface area is 147 Å². The van der Waals surface area contributed by atoms with Gasteiger partial charge < -0.3 is 24.8 Å². The van der Waals surface area contributed by atoms with Gasteiger partial charge in [-0.3, -0.25) is 0 Å². The van der Waals surface area contributed by atoms with Crippen molar-refractivity contribution in [2.24, 2.45) is 0 Å². The van der Waals surface area contributed by atoms with Crippen molar-refractivity contribution in [3.8, 4) is 11.5 Å². The lowest BCUT2D eigenvalue weighted by atomic mass is 10.2. The SMILES string of the molecule is COc1ccc(CNc2nccc(NCC3CCCO3)n2)cc1OC. The van der Waals surface area contributed by atoms with Crippen molar-refractivity contribution >= 4 is 11.8 Å². The summed E-state index contributed by atoms with van der Waals surface area (Å²) in [6, 6.07) is 7.66. The molecule has 134 valence electrons. The number of rotatable bonds is 8. The Hall–Kier alpha value is -2.54. The average molecular weight is 344 g/mol. The molecule has 7 heteroatoms. The van der Waals surface area contributed by atoms with Gasteiger partial charge in [-0.05, 0) is 36.6 Å². The topological polar surface area (TPSA) is 77.5 Å². The maximum atomic E-state index is 5.61. The van der Waals surface area contributed by atoms with Gasteiger partial charge >= 0.3 is 0 Å². The van der Waals surface area contributed by atoms with Gasteiger partial charge in [0, 0.05) is 25.9 Å². The van der Waals surface area contributed by atoms with Crippen molar-refractivity contribution in [3.05, 3.63) is 36.0 Å². The fraction of sp³-hybridized carbons (Fsp3) is 0.444. The Kier molecular flexibility index (Phi) is 5.90. The molecule has 2 heterocycles. The summed E-state index contributed by atoms with van der Waals surface area (Å²) in [5.41, 5.74) is 1.05. The van der Waals surface area contributed by atoms with Gasteiger partial charge in [0.25, 0.3) is 0 Å². The average Bonchev–Trinajstić information content (AvgIpc) is 3.18. The predicted octanol–water partition coefficient (Wildman–Crippen LogP) is 2.70. The first-order valence-electron chi connectivity index (χ1n) is 8.42. The van der Waals surface area contributed by atoms with E-state index in [0.29, 0.717) is 24.0 Å². The predicted molar refractivity (Wildman–Crippen MR) is 96.4 cm³/mol. The molecular formula is C18H24N4O3. The first kappa shape index (κ1) is 17.3. The second-order valence-electron chi connectivity index (χ2n) is 5.82. The van der Waals surface area contributed by atoms with Crippen molar-refractivity contribution in [3.63, 3.8) is 0 Å². The van der Waals surface area contributed by atoms with Crippen molar-refractivity contribution in [2.45, 2.75) is 25.5 Å². The molecule has 0 spiro atoms. The first-order valence-corrected chi connectivity index (χ1v) is 8.42. The van der Waals surface area contributed by atoms with Crippen LogP contribution in [0.2, 0.25) is 0 Å². The molecule has 1 unspecified atom stereocenters. The van der Waals surface area contributed by atoms with E-state index < -0.39 is 0 Å². The molecule has 1 aromatic carbocycles. The molecule has 1 fully saturated rings. The molecule has 1 aliphatic heterocycles. The van der Waals surface area contributed by atoms with Crippen LogP contribution in [0.15, 0.2) is 30.5 Å². The summed E-state index contributed by atoms with van der Waals surface area (Å²) in [5, 5.41) is 6.53. The van der Waals surface area contributed by atoms with E-state index >= 15 is 0 Å². The second-order valence-corrected chi connectivity index (χ2v) is 5.82. The number of methoxy groups -OCH3 is 2. The molecule has 0 aliphatic carbocycles. The van der Waals surface area contributed by atoms with Crippen LogP contribution in [0.1, 0.15) is 18.4 Å². The lowest BCUT2D eigenvalue weighted by Gasteiger charge is -2.12. The zero-order valence-corrected chi connectivity index (χ0v) is 14.6. The minimum absolute atomic E-state index is 0.276. The Morgan fingerprint density at radius 3 is 2.80 bits per heavy atom. The molecule has 25 heavy (non-hydrogen) atoms. The van der Waals surface area contributed by atoms with Crippen LogP contribution in [0.4, 0.5) is 11.8 Å². The standard InChI is InChI=1S/C18H24N4O3/c1-23-15-6-5-13(10-16(15)24-2)11-21-18-19-8-7-17(22-18)20-12-14-4-3-9-25-14/h5-8,10,14H,3-4,9,11-12H2,1-2H3,(H2,19,20,21,22). The van der Waals surface area contributed by atoms with Crippen LogP contribution in [-0.2, 0) is 11.3 Å². The fourth-order valence-corrected chi connectivity index (χ4v) is 2.74. The monoisotopic (exact) mass is 344 g/mol. The maximum Gasteiger partial charge on any atom is 0.224 e. The largest absolute Gasteiger partial charge is 0.493 e. The molecule has 3 rings (SSSR count). The molecule has 0 bridgehead atoms. The third-order valence-corrected chi connectivity index (χ3v) is 4.09. The summed E-state index contributed by atoms with van der Waals surface area (Å²) in [6.45, 7) is 2.22. The summed E-state index contributed by atoms with van der Waals surface area (Å²) in [7, 11) is 3.25. The van der Waals surface area contributed by atoms with E-state index in [4.69, 9.17) is 14.2 Å². The fourth-order valence-electron chi connectivity index (χ4n) is 2.74. The quantitative estimate of drug-likeness (QED) is 0.762. The van der Waals surface area contributed by atoms with Crippen LogP contribution in [0.3, 0.4) is 0 Å². The molecule has 0 amide bonds. The molecule has 1 atom stereocenters. The highest BCUT2D eigenvalue weighted by Gasteiger charge is 2.15. The molecule has 2 aromatic rings. The van der Waals surface area contributed by atoms with Gasteiger partial charge in [-0.1, -0.05) is 6.07 Å². The highest BCUT2D eigenvalue weighted by molar-refractivity contribution is 5.44. The molecule has 1 aromatic heterocycles. The van der Waals surface area contributed by atoms with Crippen molar-refractivity contribution in [1.82, 2.24) is 9.97 Å². The van der Waals surface area contributed by atoms with Crippen LogP contribution >= 0.6 is 0 Å². The zero-order valence-electron chi connectivity index (χ0n) is 14.6. The van der Waals surface area contributed by atoms with Gasteiger partial charge in [-0.25, -0.2) is 4.98 Å². The van der Waals surface area contributed by atoms with E-state index in [-0.39, 0.29) is 6.10 Å². The lowest BCUT2D eigenvalue weighted by molar-refractivity contribution is 0.120. The van der Waals surface area contributed by atoms with E-state index in [1.54, 1.807) is 20.4 Å². The van der Waals surface area contributed by atoms with Crippen LogP contribution in [-0.4, -0.2) is 43.4 Å². The third-order valence-electron chi connectivity index (χ3n) is 4.09. The van der Waals surface area contributed by atoms with Crippen LogP contribution in [0, 0.1) is 0 Å². The Bertz CT molecular complexity index is 690. The molecule has 0 radical (unpaired) electrons. The van der Waals surface area contributed by atoms with Crippen molar-refractivity contribution in [1.29, 1.82) is 0 Å². The molecule has 7 nitrogen and oxygen atoms in total. The van der Waals surface area contributed by atoms with E-state index in [9.17, 15) is 0 Å². The highest BCUT2D eigenvalue weighted by atomic mass is 16.5. The van der Waals surface area contributed by atoms with Gasteiger partial charge in [-0.2, -0.15) is 4.98 Å². The maximum absolute atomic E-state index is 5.61. The molecule has 2 N–H and O–H groups in total. The summed E-state index contributed by atoms with van der Waals surface area (Å²) in [5.74, 6) is 2.78. The Morgan fingerprint density at radius 1 is 1.16 bits per heavy atom. The van der Waals surface area contributed by atoms with Gasteiger partial charge in [0.2, 0.25) is 5.95 Å². The van der Waals surface area contributed by atoms with Gasteiger partial charge in [0.05, 0.1) is 20.3 Å². The number of nitrogens with one attached hydrogen (secondary N) is 2. The smallest absolute Gasteiger partial charge is 0.224 e. The molecular weight excluding hydrogens is 320 g/mol. The van der Waals surface area contributed by atoms with E-state index in [2.05, 4.69) is 20.6 Å². The second kappa shape index (κ2) is 8.53.